The standard InChI is InChI=1S/C29H27N5O4S/c1-3-23(35)31-18-12-14-33(16-18)28(36)26-25-24-22(11-13-30-27(24)39-26)34(29(37)32-25)21-10-9-20(15-17(21)2)38-19-7-5-4-6-8-19/h3-11,13,15,18,25-26H,1,12,14,16H2,2H3,(H,31,35)(H,32,37)/t18-,25?,26?/m1/s1. The fourth-order valence-corrected chi connectivity index (χ4v) is 6.65. The molecule has 2 unspecified atom stereocenters. The summed E-state index contributed by atoms with van der Waals surface area (Å²) >= 11 is 1.38. The van der Waals surface area contributed by atoms with E-state index in [2.05, 4.69) is 22.2 Å². The van der Waals surface area contributed by atoms with Crippen molar-refractivity contribution in [2.45, 2.75) is 35.7 Å². The van der Waals surface area contributed by atoms with Crippen molar-refractivity contribution in [1.29, 1.82) is 0 Å². The molecule has 198 valence electrons. The van der Waals surface area contributed by atoms with E-state index in [-0.39, 0.29) is 23.9 Å². The van der Waals surface area contributed by atoms with Crippen LogP contribution < -0.4 is 20.3 Å². The van der Waals surface area contributed by atoms with E-state index in [1.54, 1.807) is 16.0 Å². The highest BCUT2D eigenvalue weighted by atomic mass is 32.2. The molecule has 3 aliphatic rings. The molecule has 3 aromatic rings. The van der Waals surface area contributed by atoms with Crippen LogP contribution in [0.15, 0.2) is 78.5 Å². The van der Waals surface area contributed by atoms with E-state index in [4.69, 9.17) is 4.74 Å². The second-order valence-corrected chi connectivity index (χ2v) is 10.8. The predicted molar refractivity (Wildman–Crippen MR) is 148 cm³/mol. The molecule has 3 atom stereocenters. The molecule has 39 heavy (non-hydrogen) atoms. The molecule has 6 rings (SSSR count). The van der Waals surface area contributed by atoms with Crippen molar-refractivity contribution in [2.75, 3.05) is 18.0 Å². The number of pyridine rings is 1. The lowest BCUT2D eigenvalue weighted by Gasteiger charge is -2.35. The van der Waals surface area contributed by atoms with Gasteiger partial charge in [0.15, 0.2) is 0 Å². The smallest absolute Gasteiger partial charge is 0.327 e. The Kier molecular flexibility index (Phi) is 6.48. The number of nitrogens with one attached hydrogen (secondary N) is 2. The zero-order valence-corrected chi connectivity index (χ0v) is 22.1. The summed E-state index contributed by atoms with van der Waals surface area (Å²) in [5, 5.41) is 6.14. The highest BCUT2D eigenvalue weighted by Crippen LogP contribution is 2.51. The highest BCUT2D eigenvalue weighted by molar-refractivity contribution is 8.01. The second kappa shape index (κ2) is 10.1. The molecule has 2 N–H and O–H groups in total. The van der Waals surface area contributed by atoms with Gasteiger partial charge in [0.1, 0.15) is 21.8 Å². The number of para-hydroxylation sites is 1. The van der Waals surface area contributed by atoms with Gasteiger partial charge in [-0.2, -0.15) is 0 Å². The van der Waals surface area contributed by atoms with Gasteiger partial charge in [-0.05, 0) is 61.4 Å². The van der Waals surface area contributed by atoms with E-state index in [1.165, 1.54) is 17.8 Å². The van der Waals surface area contributed by atoms with Crippen LogP contribution in [0.3, 0.4) is 0 Å². The number of hydrogen-bond donors (Lipinski definition) is 2. The Morgan fingerprint density at radius 3 is 2.74 bits per heavy atom. The lowest BCUT2D eigenvalue weighted by Crippen LogP contribution is -2.49. The van der Waals surface area contributed by atoms with Crippen molar-refractivity contribution in [3.8, 4) is 11.5 Å². The minimum atomic E-state index is -0.531. The third-order valence-electron chi connectivity index (χ3n) is 7.17. The molecule has 4 heterocycles. The fraction of sp³-hybridized carbons (Fsp3) is 0.241. The number of amides is 4. The van der Waals surface area contributed by atoms with Gasteiger partial charge >= 0.3 is 6.03 Å². The van der Waals surface area contributed by atoms with Crippen molar-refractivity contribution < 1.29 is 19.1 Å². The molecule has 0 spiro atoms. The Labute approximate surface area is 230 Å². The number of thioether (sulfide) groups is 1. The summed E-state index contributed by atoms with van der Waals surface area (Å²) in [6.45, 7) is 6.39. The topological polar surface area (TPSA) is 104 Å². The van der Waals surface area contributed by atoms with Crippen molar-refractivity contribution in [3.05, 3.63) is 84.6 Å². The number of benzene rings is 2. The van der Waals surface area contributed by atoms with Gasteiger partial charge in [-0.25, -0.2) is 9.78 Å². The number of carbonyl (C=O) groups excluding carboxylic acids is 3. The maximum absolute atomic E-state index is 13.6. The fourth-order valence-electron chi connectivity index (χ4n) is 5.34. The summed E-state index contributed by atoms with van der Waals surface area (Å²) in [6, 6.07) is 16.0. The van der Waals surface area contributed by atoms with Gasteiger partial charge in [-0.3, -0.25) is 14.5 Å². The molecule has 3 aliphatic heterocycles. The van der Waals surface area contributed by atoms with Crippen molar-refractivity contribution in [1.82, 2.24) is 20.5 Å². The number of aromatic nitrogens is 1. The number of carbonyl (C=O) groups is 3. The van der Waals surface area contributed by atoms with E-state index < -0.39 is 11.3 Å². The molecule has 4 amide bonds. The molecule has 0 saturated carbocycles. The second-order valence-electron chi connectivity index (χ2n) is 9.70. The van der Waals surface area contributed by atoms with E-state index in [9.17, 15) is 14.4 Å². The maximum Gasteiger partial charge on any atom is 0.327 e. The Bertz CT molecular complexity index is 1480. The minimum Gasteiger partial charge on any atom is -0.457 e. The van der Waals surface area contributed by atoms with Gasteiger partial charge in [-0.1, -0.05) is 36.5 Å². The minimum absolute atomic E-state index is 0.0725. The molecule has 1 aromatic heterocycles. The first-order valence-electron chi connectivity index (χ1n) is 12.7. The number of ether oxygens (including phenoxy) is 1. The summed E-state index contributed by atoms with van der Waals surface area (Å²) in [4.78, 5) is 46.8. The summed E-state index contributed by atoms with van der Waals surface area (Å²) in [5.74, 6) is 1.08. The number of hydrogen-bond acceptors (Lipinski definition) is 6. The van der Waals surface area contributed by atoms with Crippen LogP contribution in [0.4, 0.5) is 16.2 Å². The number of anilines is 2. The summed E-state index contributed by atoms with van der Waals surface area (Å²) in [6.07, 6.45) is 3.58. The lowest BCUT2D eigenvalue weighted by atomic mass is 9.99. The average Bonchev–Trinajstić information content (AvgIpc) is 3.55. The molecule has 0 bridgehead atoms. The quantitative estimate of drug-likeness (QED) is 0.447. The van der Waals surface area contributed by atoms with Crippen molar-refractivity contribution >= 4 is 41.0 Å². The highest BCUT2D eigenvalue weighted by Gasteiger charge is 2.48. The maximum atomic E-state index is 13.6. The molecular formula is C29H27N5O4S. The van der Waals surface area contributed by atoms with E-state index in [0.29, 0.717) is 30.9 Å². The molecule has 10 heteroatoms. The van der Waals surface area contributed by atoms with Crippen molar-refractivity contribution in [3.63, 3.8) is 0 Å². The Morgan fingerprint density at radius 1 is 1.15 bits per heavy atom. The average molecular weight is 542 g/mol. The molecule has 9 nitrogen and oxygen atoms in total. The largest absolute Gasteiger partial charge is 0.457 e. The zero-order chi connectivity index (χ0) is 27.1. The Hall–Kier alpha value is -4.31. The third-order valence-corrected chi connectivity index (χ3v) is 8.45. The number of likely N-dealkylation sites (tertiary alicyclic amines) is 1. The Balaban J connectivity index is 1.25. The van der Waals surface area contributed by atoms with Crippen LogP contribution >= 0.6 is 11.8 Å². The SMILES string of the molecule is C=CC(=O)N[C@@H]1CCN(C(=O)C2Sc3nccc4c3C2NC(=O)N4c2ccc(Oc3ccccc3)cc2C)C1. The van der Waals surface area contributed by atoms with Crippen LogP contribution in [0, 0.1) is 6.92 Å². The van der Waals surface area contributed by atoms with E-state index >= 15 is 0 Å². The van der Waals surface area contributed by atoms with E-state index in [1.807, 2.05) is 61.5 Å². The number of urea groups is 1. The van der Waals surface area contributed by atoms with Gasteiger partial charge in [-0.15, -0.1) is 0 Å². The molecular weight excluding hydrogens is 514 g/mol. The van der Waals surface area contributed by atoms with Crippen LogP contribution in [0.2, 0.25) is 0 Å². The first-order chi connectivity index (χ1) is 18.9. The van der Waals surface area contributed by atoms with Gasteiger partial charge in [0.25, 0.3) is 0 Å². The molecule has 0 aliphatic carbocycles. The van der Waals surface area contributed by atoms with Crippen molar-refractivity contribution in [2.24, 2.45) is 0 Å². The number of aryl methyl sites for hydroxylation is 1. The van der Waals surface area contributed by atoms with Crippen LogP contribution in [0.25, 0.3) is 0 Å². The van der Waals surface area contributed by atoms with Gasteiger partial charge in [0.05, 0.1) is 17.4 Å². The molecule has 0 radical (unpaired) electrons. The lowest BCUT2D eigenvalue weighted by molar-refractivity contribution is -0.130. The monoisotopic (exact) mass is 541 g/mol. The first kappa shape index (κ1) is 25.0. The van der Waals surface area contributed by atoms with Gasteiger partial charge in [0.2, 0.25) is 11.8 Å². The normalized spacial score (nSPS) is 21.3. The number of nitrogens with zero attached hydrogens (tertiary/aromatic N) is 3. The molecule has 1 saturated heterocycles. The predicted octanol–water partition coefficient (Wildman–Crippen LogP) is 4.46. The molecule has 2 aromatic carbocycles. The van der Waals surface area contributed by atoms with Crippen LogP contribution in [0.1, 0.15) is 23.6 Å². The Morgan fingerprint density at radius 2 is 1.97 bits per heavy atom. The summed E-state index contributed by atoms with van der Waals surface area (Å²) in [5.41, 5.74) is 3.15. The van der Waals surface area contributed by atoms with Gasteiger partial charge < -0.3 is 20.3 Å². The van der Waals surface area contributed by atoms with Gasteiger partial charge in [0, 0.05) is 30.9 Å². The first-order valence-corrected chi connectivity index (χ1v) is 13.6. The molecule has 1 fully saturated rings. The van der Waals surface area contributed by atoms with Crippen LogP contribution in [-0.2, 0) is 9.59 Å². The number of rotatable bonds is 6. The summed E-state index contributed by atoms with van der Waals surface area (Å²) < 4.78 is 5.97. The third kappa shape index (κ3) is 4.61. The summed E-state index contributed by atoms with van der Waals surface area (Å²) in [7, 11) is 0. The van der Waals surface area contributed by atoms with Crippen LogP contribution in [-0.4, -0.2) is 52.1 Å². The zero-order valence-electron chi connectivity index (χ0n) is 21.3. The van der Waals surface area contributed by atoms with Crippen LogP contribution in [0.5, 0.6) is 11.5 Å². The van der Waals surface area contributed by atoms with E-state index in [0.717, 1.165) is 27.6 Å².